The van der Waals surface area contributed by atoms with E-state index in [1.54, 1.807) is 0 Å². The normalized spacial score (nSPS) is 11.5. The van der Waals surface area contributed by atoms with Gasteiger partial charge in [-0.05, 0) is 12.6 Å². The SMILES string of the molecule is CNCCOCCOCCOCCOCCOCCOCCOCCOCCOCCOCCOCCOCCOCc1ccccc1. The van der Waals surface area contributed by atoms with E-state index in [4.69, 9.17) is 61.6 Å². The van der Waals surface area contributed by atoms with E-state index in [-0.39, 0.29) is 0 Å². The standard InChI is InChI=1S/C34H63NO13/c1-35-7-8-36-9-10-37-11-12-38-13-14-39-15-16-40-17-18-41-19-20-42-21-22-43-23-24-44-25-26-45-27-28-46-29-30-47-31-32-48-33-34-5-3-2-4-6-34/h2-6,35H,7-33H2,1H3. The van der Waals surface area contributed by atoms with Gasteiger partial charge in [-0.1, -0.05) is 30.3 Å². The molecule has 0 saturated carbocycles. The van der Waals surface area contributed by atoms with Crippen molar-refractivity contribution in [2.45, 2.75) is 6.61 Å². The molecule has 0 atom stereocenters. The molecule has 1 rings (SSSR count). The van der Waals surface area contributed by atoms with Crippen molar-refractivity contribution >= 4 is 0 Å². The first-order chi connectivity index (χ1) is 23.9. The molecule has 1 N–H and O–H groups in total. The van der Waals surface area contributed by atoms with Crippen LogP contribution in [0.5, 0.6) is 0 Å². The van der Waals surface area contributed by atoms with Crippen molar-refractivity contribution in [3.63, 3.8) is 0 Å². The van der Waals surface area contributed by atoms with E-state index in [0.717, 1.165) is 12.1 Å². The Bertz CT molecular complexity index is 724. The molecule has 0 radical (unpaired) electrons. The lowest BCUT2D eigenvalue weighted by atomic mass is 10.2. The van der Waals surface area contributed by atoms with Crippen molar-refractivity contribution in [2.75, 3.05) is 179 Å². The molecule has 0 aliphatic carbocycles. The number of likely N-dealkylation sites (N-methyl/N-ethyl adjacent to an activating group) is 1. The van der Waals surface area contributed by atoms with Crippen molar-refractivity contribution in [1.29, 1.82) is 0 Å². The molecular formula is C34H63NO13. The Balaban J connectivity index is 1.60. The highest BCUT2D eigenvalue weighted by molar-refractivity contribution is 5.13. The fourth-order valence-electron chi connectivity index (χ4n) is 3.58. The van der Waals surface area contributed by atoms with Crippen LogP contribution in [0.2, 0.25) is 0 Å². The van der Waals surface area contributed by atoms with Gasteiger partial charge in [-0.3, -0.25) is 0 Å². The topological polar surface area (TPSA) is 132 Å². The van der Waals surface area contributed by atoms with E-state index in [0.29, 0.717) is 172 Å². The van der Waals surface area contributed by atoms with Crippen LogP contribution >= 0.6 is 0 Å². The summed E-state index contributed by atoms with van der Waals surface area (Å²) in [6.07, 6.45) is 0. The van der Waals surface area contributed by atoms with Gasteiger partial charge in [0, 0.05) is 6.54 Å². The zero-order chi connectivity index (χ0) is 34.1. The van der Waals surface area contributed by atoms with E-state index in [1.807, 2.05) is 37.4 Å². The number of benzene rings is 1. The van der Waals surface area contributed by atoms with Crippen LogP contribution < -0.4 is 5.32 Å². The number of hydrogen-bond acceptors (Lipinski definition) is 14. The third-order valence-electron chi connectivity index (χ3n) is 6.07. The minimum atomic E-state index is 0.510. The zero-order valence-corrected chi connectivity index (χ0v) is 29.3. The lowest BCUT2D eigenvalue weighted by molar-refractivity contribution is -0.0291. The summed E-state index contributed by atoms with van der Waals surface area (Å²) < 4.78 is 71.2. The summed E-state index contributed by atoms with van der Waals surface area (Å²) in [5.74, 6) is 0. The predicted molar refractivity (Wildman–Crippen MR) is 180 cm³/mol. The highest BCUT2D eigenvalue weighted by atomic mass is 16.6. The first-order valence-corrected chi connectivity index (χ1v) is 17.1. The maximum atomic E-state index is 5.57. The molecule has 14 nitrogen and oxygen atoms in total. The van der Waals surface area contributed by atoms with Gasteiger partial charge < -0.3 is 66.9 Å². The van der Waals surface area contributed by atoms with E-state index >= 15 is 0 Å². The first-order valence-electron chi connectivity index (χ1n) is 17.1. The Morgan fingerprint density at radius 3 is 0.792 bits per heavy atom. The summed E-state index contributed by atoms with van der Waals surface area (Å²) in [4.78, 5) is 0. The predicted octanol–water partition coefficient (Wildman–Crippen LogP) is 1.62. The monoisotopic (exact) mass is 693 g/mol. The molecule has 0 fully saturated rings. The molecule has 0 amide bonds. The Labute approximate surface area is 288 Å². The lowest BCUT2D eigenvalue weighted by Gasteiger charge is -2.09. The molecule has 282 valence electrons. The number of nitrogens with one attached hydrogen (secondary N) is 1. The molecule has 0 spiro atoms. The van der Waals surface area contributed by atoms with E-state index < -0.39 is 0 Å². The van der Waals surface area contributed by atoms with Gasteiger partial charge >= 0.3 is 0 Å². The fourth-order valence-corrected chi connectivity index (χ4v) is 3.58. The second kappa shape index (κ2) is 40.1. The molecule has 0 unspecified atom stereocenters. The summed E-state index contributed by atoms with van der Waals surface area (Å²) in [7, 11) is 1.90. The highest BCUT2D eigenvalue weighted by Gasteiger charge is 1.97. The van der Waals surface area contributed by atoms with Gasteiger partial charge in [0.2, 0.25) is 0 Å². The average molecular weight is 694 g/mol. The van der Waals surface area contributed by atoms with Gasteiger partial charge in [0.1, 0.15) is 0 Å². The third kappa shape index (κ3) is 36.0. The van der Waals surface area contributed by atoms with Crippen LogP contribution in [0.3, 0.4) is 0 Å². The van der Waals surface area contributed by atoms with Gasteiger partial charge in [0.05, 0.1) is 172 Å². The van der Waals surface area contributed by atoms with Crippen molar-refractivity contribution in [1.82, 2.24) is 5.32 Å². The van der Waals surface area contributed by atoms with Crippen LogP contribution in [0.25, 0.3) is 0 Å². The maximum Gasteiger partial charge on any atom is 0.0718 e. The van der Waals surface area contributed by atoms with Crippen LogP contribution in [0.15, 0.2) is 30.3 Å². The minimum Gasteiger partial charge on any atom is -0.378 e. The van der Waals surface area contributed by atoms with Gasteiger partial charge in [-0.25, -0.2) is 0 Å². The summed E-state index contributed by atoms with van der Waals surface area (Å²) in [5.41, 5.74) is 1.16. The van der Waals surface area contributed by atoms with Gasteiger partial charge in [0.15, 0.2) is 0 Å². The van der Waals surface area contributed by atoms with Gasteiger partial charge in [-0.15, -0.1) is 0 Å². The Hall–Kier alpha value is -1.34. The largest absolute Gasteiger partial charge is 0.378 e. The summed E-state index contributed by atoms with van der Waals surface area (Å²) in [6, 6.07) is 10.1. The van der Waals surface area contributed by atoms with Gasteiger partial charge in [-0.2, -0.15) is 0 Å². The van der Waals surface area contributed by atoms with Crippen LogP contribution in [-0.4, -0.2) is 179 Å². The number of hydrogen-bond donors (Lipinski definition) is 1. The third-order valence-corrected chi connectivity index (χ3v) is 6.07. The fraction of sp³-hybridized carbons (Fsp3) is 0.824. The minimum absolute atomic E-state index is 0.510. The molecule has 1 aromatic rings. The summed E-state index contributed by atoms with van der Waals surface area (Å²) >= 11 is 0. The van der Waals surface area contributed by atoms with Crippen LogP contribution in [0.4, 0.5) is 0 Å². The molecule has 0 aliphatic heterocycles. The van der Waals surface area contributed by atoms with Crippen molar-refractivity contribution in [3.05, 3.63) is 35.9 Å². The molecule has 48 heavy (non-hydrogen) atoms. The molecule has 14 heteroatoms. The maximum absolute atomic E-state index is 5.57. The Morgan fingerprint density at radius 1 is 0.312 bits per heavy atom. The highest BCUT2D eigenvalue weighted by Crippen LogP contribution is 2.00. The molecule has 0 aromatic heterocycles. The van der Waals surface area contributed by atoms with E-state index in [2.05, 4.69) is 5.32 Å². The molecule has 0 aliphatic rings. The smallest absolute Gasteiger partial charge is 0.0718 e. The number of rotatable bonds is 41. The molecule has 0 saturated heterocycles. The second-order valence-corrected chi connectivity index (χ2v) is 9.99. The Kier molecular flexibility index (Phi) is 37.3. The Morgan fingerprint density at radius 2 is 0.542 bits per heavy atom. The zero-order valence-electron chi connectivity index (χ0n) is 29.3. The van der Waals surface area contributed by atoms with Crippen LogP contribution in [-0.2, 0) is 68.2 Å². The first kappa shape index (κ1) is 44.7. The van der Waals surface area contributed by atoms with E-state index in [9.17, 15) is 0 Å². The lowest BCUT2D eigenvalue weighted by Crippen LogP contribution is -2.17. The van der Waals surface area contributed by atoms with E-state index in [1.165, 1.54) is 0 Å². The molecule has 0 heterocycles. The second-order valence-electron chi connectivity index (χ2n) is 9.99. The average Bonchev–Trinajstić information content (AvgIpc) is 3.11. The van der Waals surface area contributed by atoms with Crippen LogP contribution in [0, 0.1) is 0 Å². The van der Waals surface area contributed by atoms with Crippen LogP contribution in [0.1, 0.15) is 5.56 Å². The van der Waals surface area contributed by atoms with Crippen molar-refractivity contribution in [3.8, 4) is 0 Å². The van der Waals surface area contributed by atoms with Crippen molar-refractivity contribution in [2.24, 2.45) is 0 Å². The quantitative estimate of drug-likeness (QED) is 0.0997. The summed E-state index contributed by atoms with van der Waals surface area (Å²) in [5, 5.41) is 3.02. The molecule has 1 aromatic carbocycles. The van der Waals surface area contributed by atoms with Gasteiger partial charge in [0.25, 0.3) is 0 Å². The molecular weight excluding hydrogens is 630 g/mol. The number of ether oxygens (including phenoxy) is 13. The molecule has 0 bridgehead atoms. The summed E-state index contributed by atoms with van der Waals surface area (Å²) in [6.45, 7) is 14.8. The van der Waals surface area contributed by atoms with Crippen molar-refractivity contribution < 1.29 is 61.6 Å².